The van der Waals surface area contributed by atoms with Crippen LogP contribution >= 0.6 is 0 Å². The average Bonchev–Trinajstić information content (AvgIpc) is 3.17. The van der Waals surface area contributed by atoms with Gasteiger partial charge in [0.05, 0.1) is 0 Å². The van der Waals surface area contributed by atoms with Crippen molar-refractivity contribution in [1.82, 2.24) is 5.16 Å². The van der Waals surface area contributed by atoms with Gasteiger partial charge in [-0.2, -0.15) is 0 Å². The molecule has 0 spiro atoms. The minimum Gasteiger partial charge on any atom is -0.367 e. The summed E-state index contributed by atoms with van der Waals surface area (Å²) >= 11 is 0. The molecule has 0 radical (unpaired) electrons. The predicted molar refractivity (Wildman–Crippen MR) is 111 cm³/mol. The van der Waals surface area contributed by atoms with Gasteiger partial charge in [-0.05, 0) is 41.8 Å². The van der Waals surface area contributed by atoms with Crippen molar-refractivity contribution in [1.29, 1.82) is 0 Å². The van der Waals surface area contributed by atoms with Gasteiger partial charge < -0.3 is 14.7 Å². The van der Waals surface area contributed by atoms with Gasteiger partial charge >= 0.3 is 0 Å². The van der Waals surface area contributed by atoms with Crippen LogP contribution in [0.5, 0.6) is 0 Å². The summed E-state index contributed by atoms with van der Waals surface area (Å²) in [5, 5.41) is 6.75. The molecule has 1 amide bonds. The smallest absolute Gasteiger partial charge is 0.256 e. The Labute approximate surface area is 165 Å². The Morgan fingerprint density at radius 2 is 1.79 bits per heavy atom. The van der Waals surface area contributed by atoms with Crippen LogP contribution in [-0.4, -0.2) is 17.6 Å². The van der Waals surface area contributed by atoms with Gasteiger partial charge in [0.15, 0.2) is 5.82 Å². The first-order chi connectivity index (χ1) is 13.4. The van der Waals surface area contributed by atoms with Gasteiger partial charge in [0.2, 0.25) is 0 Å². The van der Waals surface area contributed by atoms with Crippen molar-refractivity contribution < 1.29 is 9.32 Å². The highest BCUT2D eigenvalue weighted by molar-refractivity contribution is 6.03. The molecule has 144 valence electrons. The first-order valence-corrected chi connectivity index (χ1v) is 9.60. The SMILES string of the molecule is CC(C)(C)c1cc(NC(=O)c2ccc(N3CCc4ccccc4C3)cc2)no1. The Morgan fingerprint density at radius 3 is 2.46 bits per heavy atom. The molecule has 5 heteroatoms. The van der Waals surface area contributed by atoms with E-state index in [2.05, 4.69) is 39.6 Å². The molecular formula is C23H25N3O2. The molecule has 1 aliphatic rings. The first kappa shape index (κ1) is 18.3. The van der Waals surface area contributed by atoms with E-state index in [1.54, 1.807) is 6.07 Å². The van der Waals surface area contributed by atoms with Crippen LogP contribution in [-0.2, 0) is 18.4 Å². The van der Waals surface area contributed by atoms with E-state index < -0.39 is 0 Å². The van der Waals surface area contributed by atoms with Crippen molar-refractivity contribution in [3.05, 3.63) is 77.0 Å². The van der Waals surface area contributed by atoms with Crippen LogP contribution in [0.25, 0.3) is 0 Å². The van der Waals surface area contributed by atoms with Crippen LogP contribution in [0.15, 0.2) is 59.1 Å². The molecule has 1 aromatic heterocycles. The van der Waals surface area contributed by atoms with Gasteiger partial charge in [-0.3, -0.25) is 4.79 Å². The van der Waals surface area contributed by atoms with Crippen molar-refractivity contribution in [2.24, 2.45) is 0 Å². The zero-order valence-corrected chi connectivity index (χ0v) is 16.5. The molecule has 0 saturated carbocycles. The van der Waals surface area contributed by atoms with Crippen molar-refractivity contribution in [2.45, 2.75) is 39.2 Å². The number of carbonyl (C=O) groups excluding carboxylic acids is 1. The number of hydrogen-bond donors (Lipinski definition) is 1. The van der Waals surface area contributed by atoms with Crippen LogP contribution in [0.1, 0.15) is 48.0 Å². The van der Waals surface area contributed by atoms with E-state index in [9.17, 15) is 4.79 Å². The molecule has 5 nitrogen and oxygen atoms in total. The second-order valence-corrected chi connectivity index (χ2v) is 8.27. The summed E-state index contributed by atoms with van der Waals surface area (Å²) in [5.74, 6) is 0.986. The third kappa shape index (κ3) is 3.79. The summed E-state index contributed by atoms with van der Waals surface area (Å²) in [6, 6.07) is 18.1. The monoisotopic (exact) mass is 375 g/mol. The average molecular weight is 375 g/mol. The van der Waals surface area contributed by atoms with Gasteiger partial charge in [-0.25, -0.2) is 0 Å². The van der Waals surface area contributed by atoms with Gasteiger partial charge in [-0.1, -0.05) is 50.2 Å². The lowest BCUT2D eigenvalue weighted by Gasteiger charge is -2.30. The Bertz CT molecular complexity index is 984. The molecule has 4 rings (SSSR count). The second-order valence-electron chi connectivity index (χ2n) is 8.27. The number of benzene rings is 2. The third-order valence-electron chi connectivity index (χ3n) is 5.12. The Balaban J connectivity index is 1.43. The molecule has 0 unspecified atom stereocenters. The third-order valence-corrected chi connectivity index (χ3v) is 5.12. The number of amides is 1. The number of anilines is 2. The zero-order valence-electron chi connectivity index (χ0n) is 16.5. The molecule has 0 aliphatic carbocycles. The number of rotatable bonds is 3. The van der Waals surface area contributed by atoms with Gasteiger partial charge in [0.1, 0.15) is 5.76 Å². The maximum absolute atomic E-state index is 12.5. The summed E-state index contributed by atoms with van der Waals surface area (Å²) in [7, 11) is 0. The predicted octanol–water partition coefficient (Wildman–Crippen LogP) is 4.79. The molecule has 3 aromatic rings. The summed E-state index contributed by atoms with van der Waals surface area (Å²) < 4.78 is 5.32. The minimum atomic E-state index is -0.190. The van der Waals surface area contributed by atoms with Crippen molar-refractivity contribution >= 4 is 17.4 Å². The maximum Gasteiger partial charge on any atom is 0.256 e. The molecule has 2 aromatic carbocycles. The van der Waals surface area contributed by atoms with E-state index in [1.807, 2.05) is 45.0 Å². The highest BCUT2D eigenvalue weighted by Gasteiger charge is 2.21. The van der Waals surface area contributed by atoms with E-state index in [-0.39, 0.29) is 11.3 Å². The van der Waals surface area contributed by atoms with Gasteiger partial charge in [0.25, 0.3) is 5.91 Å². The maximum atomic E-state index is 12.5. The van der Waals surface area contributed by atoms with Gasteiger partial charge in [0, 0.05) is 35.8 Å². The van der Waals surface area contributed by atoms with E-state index >= 15 is 0 Å². The quantitative estimate of drug-likeness (QED) is 0.715. The van der Waals surface area contributed by atoms with Crippen LogP contribution < -0.4 is 10.2 Å². The normalized spacial score (nSPS) is 13.9. The molecule has 1 aliphatic heterocycles. The van der Waals surface area contributed by atoms with E-state index in [0.29, 0.717) is 11.4 Å². The lowest BCUT2D eigenvalue weighted by atomic mass is 9.93. The molecule has 2 heterocycles. The van der Waals surface area contributed by atoms with Crippen LogP contribution in [0.2, 0.25) is 0 Å². The number of fused-ring (bicyclic) bond motifs is 1. The van der Waals surface area contributed by atoms with Crippen LogP contribution in [0.3, 0.4) is 0 Å². The molecular weight excluding hydrogens is 350 g/mol. The highest BCUT2D eigenvalue weighted by atomic mass is 16.5. The van der Waals surface area contributed by atoms with Crippen molar-refractivity contribution in [3.8, 4) is 0 Å². The summed E-state index contributed by atoms with van der Waals surface area (Å²) in [4.78, 5) is 14.9. The fourth-order valence-electron chi connectivity index (χ4n) is 3.42. The van der Waals surface area contributed by atoms with Crippen LogP contribution in [0, 0.1) is 0 Å². The molecule has 0 atom stereocenters. The summed E-state index contributed by atoms with van der Waals surface area (Å²) in [6.45, 7) is 8.00. The number of hydrogen-bond acceptors (Lipinski definition) is 4. The van der Waals surface area contributed by atoms with E-state index in [4.69, 9.17) is 4.52 Å². The van der Waals surface area contributed by atoms with E-state index in [1.165, 1.54) is 11.1 Å². The van der Waals surface area contributed by atoms with Crippen LogP contribution in [0.4, 0.5) is 11.5 Å². The molecule has 0 fully saturated rings. The standard InChI is InChI=1S/C23H25N3O2/c1-23(2,3)20-14-21(25-28-20)24-22(27)17-8-10-19(11-9-17)26-13-12-16-6-4-5-7-18(16)15-26/h4-11,14H,12-13,15H2,1-3H3,(H,24,25,27). The lowest BCUT2D eigenvalue weighted by Crippen LogP contribution is -2.30. The number of nitrogens with one attached hydrogen (secondary N) is 1. The van der Waals surface area contributed by atoms with Gasteiger partial charge in [-0.15, -0.1) is 0 Å². The minimum absolute atomic E-state index is 0.148. The Hall–Kier alpha value is -3.08. The lowest BCUT2D eigenvalue weighted by molar-refractivity contribution is 0.102. The molecule has 28 heavy (non-hydrogen) atoms. The Kier molecular flexibility index (Phi) is 4.67. The summed E-state index contributed by atoms with van der Waals surface area (Å²) in [6.07, 6.45) is 1.04. The molecule has 1 N–H and O–H groups in total. The zero-order chi connectivity index (χ0) is 19.7. The van der Waals surface area contributed by atoms with E-state index in [0.717, 1.165) is 31.0 Å². The summed E-state index contributed by atoms with van der Waals surface area (Å²) in [5.41, 5.74) is 4.38. The Morgan fingerprint density at radius 1 is 1.07 bits per heavy atom. The molecule has 0 bridgehead atoms. The topological polar surface area (TPSA) is 58.4 Å². The molecule has 0 saturated heterocycles. The van der Waals surface area contributed by atoms with Crippen molar-refractivity contribution in [2.75, 3.05) is 16.8 Å². The first-order valence-electron chi connectivity index (χ1n) is 9.60. The number of nitrogens with zero attached hydrogens (tertiary/aromatic N) is 2. The highest BCUT2D eigenvalue weighted by Crippen LogP contribution is 2.26. The number of carbonyl (C=O) groups is 1. The fourth-order valence-corrected chi connectivity index (χ4v) is 3.42. The largest absolute Gasteiger partial charge is 0.367 e. The fraction of sp³-hybridized carbons (Fsp3) is 0.304. The second kappa shape index (κ2) is 7.15. The van der Waals surface area contributed by atoms with Crippen molar-refractivity contribution in [3.63, 3.8) is 0 Å². The number of aromatic nitrogens is 1.